The van der Waals surface area contributed by atoms with Gasteiger partial charge in [-0.3, -0.25) is 4.79 Å². The number of piperazine rings is 1. The van der Waals surface area contributed by atoms with Gasteiger partial charge in [-0.05, 0) is 35.0 Å². The van der Waals surface area contributed by atoms with Gasteiger partial charge in [-0.15, -0.1) is 11.3 Å². The lowest BCUT2D eigenvalue weighted by molar-refractivity contribution is 0.0637. The van der Waals surface area contributed by atoms with Crippen molar-refractivity contribution in [3.05, 3.63) is 39.5 Å². The smallest absolute Gasteiger partial charge is 0.273 e. The highest BCUT2D eigenvalue weighted by atomic mass is 79.9. The van der Waals surface area contributed by atoms with Crippen LogP contribution < -0.4 is 0 Å². The Labute approximate surface area is 168 Å². The first-order chi connectivity index (χ1) is 12.9. The fourth-order valence-corrected chi connectivity index (χ4v) is 6.02. The monoisotopic (exact) mass is 469 g/mol. The Bertz CT molecular complexity index is 1110. The molecular weight excluding hydrogens is 454 g/mol. The molecule has 1 N–H and O–H groups in total. The minimum absolute atomic E-state index is 0.183. The van der Waals surface area contributed by atoms with Crippen molar-refractivity contribution in [2.75, 3.05) is 19.6 Å². The third-order valence-electron chi connectivity index (χ3n) is 4.55. The summed E-state index contributed by atoms with van der Waals surface area (Å²) in [5.74, 6) is -0.183. The number of carbonyl (C=O) groups is 1. The van der Waals surface area contributed by atoms with Crippen LogP contribution in [0.4, 0.5) is 0 Å². The standard InChI is InChI=1S/C16H16BrN5O3S2/c1-10-8-21(15(23)12-9-26-16(17)20-12)5-6-22(10)27(24,25)13-7-19-14-11(13)3-2-4-18-14/h2-4,7,9-10H,5-6,8H2,1H3,(H,18,19)/t10-/m0/s1. The summed E-state index contributed by atoms with van der Waals surface area (Å²) in [6.45, 7) is 2.67. The molecule has 0 aromatic carbocycles. The van der Waals surface area contributed by atoms with E-state index in [4.69, 9.17) is 0 Å². The van der Waals surface area contributed by atoms with Crippen molar-refractivity contribution in [2.24, 2.45) is 0 Å². The molecule has 4 rings (SSSR count). The van der Waals surface area contributed by atoms with Crippen LogP contribution in [0.3, 0.4) is 0 Å². The van der Waals surface area contributed by atoms with Crippen LogP contribution in [0.2, 0.25) is 0 Å². The number of amides is 1. The number of hydrogen-bond acceptors (Lipinski definition) is 6. The first-order valence-electron chi connectivity index (χ1n) is 8.22. The average Bonchev–Trinajstić information content (AvgIpc) is 3.27. The van der Waals surface area contributed by atoms with Crippen LogP contribution in [-0.4, -0.2) is 64.2 Å². The van der Waals surface area contributed by atoms with Crippen molar-refractivity contribution in [3.8, 4) is 0 Å². The van der Waals surface area contributed by atoms with E-state index in [1.807, 2.05) is 0 Å². The Morgan fingerprint density at radius 3 is 2.93 bits per heavy atom. The summed E-state index contributed by atoms with van der Waals surface area (Å²) in [5.41, 5.74) is 0.907. The topological polar surface area (TPSA) is 99.3 Å². The lowest BCUT2D eigenvalue weighted by atomic mass is 10.2. The van der Waals surface area contributed by atoms with Crippen LogP contribution in [0.5, 0.6) is 0 Å². The minimum atomic E-state index is -3.70. The first-order valence-corrected chi connectivity index (χ1v) is 11.3. The zero-order chi connectivity index (χ0) is 19.2. The molecule has 0 radical (unpaired) electrons. The second kappa shape index (κ2) is 6.97. The van der Waals surface area contributed by atoms with Crippen LogP contribution in [0.25, 0.3) is 11.0 Å². The number of hydrogen-bond donors (Lipinski definition) is 1. The molecule has 0 aliphatic carbocycles. The molecule has 1 saturated heterocycles. The Hall–Kier alpha value is -1.82. The van der Waals surface area contributed by atoms with Gasteiger partial charge in [-0.25, -0.2) is 18.4 Å². The summed E-state index contributed by atoms with van der Waals surface area (Å²) >= 11 is 4.60. The molecule has 0 saturated carbocycles. The molecule has 11 heteroatoms. The molecule has 142 valence electrons. The van der Waals surface area contributed by atoms with Crippen LogP contribution in [-0.2, 0) is 10.0 Å². The third-order valence-corrected chi connectivity index (χ3v) is 7.97. The predicted molar refractivity (Wildman–Crippen MR) is 105 cm³/mol. The maximum Gasteiger partial charge on any atom is 0.273 e. The van der Waals surface area contributed by atoms with E-state index in [9.17, 15) is 13.2 Å². The molecule has 8 nitrogen and oxygen atoms in total. The summed E-state index contributed by atoms with van der Waals surface area (Å²) in [5, 5.41) is 2.26. The second-order valence-corrected chi connectivity index (χ2v) is 10.2. The summed E-state index contributed by atoms with van der Waals surface area (Å²) in [6.07, 6.45) is 3.09. The van der Waals surface area contributed by atoms with Crippen molar-refractivity contribution >= 4 is 54.2 Å². The number of fused-ring (bicyclic) bond motifs is 1. The van der Waals surface area contributed by atoms with Gasteiger partial charge in [0.2, 0.25) is 10.0 Å². The van der Waals surface area contributed by atoms with E-state index in [1.165, 1.54) is 21.8 Å². The second-order valence-electron chi connectivity index (χ2n) is 6.25. The van der Waals surface area contributed by atoms with Gasteiger partial charge in [0.15, 0.2) is 3.92 Å². The molecule has 0 unspecified atom stereocenters. The van der Waals surface area contributed by atoms with E-state index in [0.717, 1.165) is 0 Å². The number of pyridine rings is 1. The van der Waals surface area contributed by atoms with Gasteiger partial charge >= 0.3 is 0 Å². The molecule has 0 bridgehead atoms. The summed E-state index contributed by atoms with van der Waals surface area (Å²) in [6, 6.07) is 3.09. The molecular formula is C16H16BrN5O3S2. The van der Waals surface area contributed by atoms with Gasteiger partial charge in [0.25, 0.3) is 5.91 Å². The van der Waals surface area contributed by atoms with Gasteiger partial charge < -0.3 is 9.88 Å². The van der Waals surface area contributed by atoms with E-state index in [0.29, 0.717) is 33.7 Å². The van der Waals surface area contributed by atoms with Crippen LogP contribution in [0.15, 0.2) is 38.7 Å². The SMILES string of the molecule is C[C@H]1CN(C(=O)c2csc(Br)n2)CCN1S(=O)(=O)c1c[nH]c2ncccc12. The largest absolute Gasteiger partial charge is 0.345 e. The number of halogens is 1. The molecule has 4 heterocycles. The number of aromatic nitrogens is 3. The van der Waals surface area contributed by atoms with Crippen molar-refractivity contribution < 1.29 is 13.2 Å². The highest BCUT2D eigenvalue weighted by molar-refractivity contribution is 9.11. The van der Waals surface area contributed by atoms with E-state index in [2.05, 4.69) is 30.9 Å². The van der Waals surface area contributed by atoms with Gasteiger partial charge in [0.05, 0.1) is 0 Å². The Morgan fingerprint density at radius 2 is 2.22 bits per heavy atom. The van der Waals surface area contributed by atoms with Crippen molar-refractivity contribution in [1.82, 2.24) is 24.2 Å². The zero-order valence-electron chi connectivity index (χ0n) is 14.3. The highest BCUT2D eigenvalue weighted by Gasteiger charge is 2.37. The van der Waals surface area contributed by atoms with E-state index in [-0.39, 0.29) is 23.4 Å². The Morgan fingerprint density at radius 1 is 1.41 bits per heavy atom. The molecule has 1 fully saturated rings. The summed E-state index contributed by atoms with van der Waals surface area (Å²) in [4.78, 5) is 25.7. The quantitative estimate of drug-likeness (QED) is 0.634. The number of carbonyl (C=O) groups excluding carboxylic acids is 1. The molecule has 3 aromatic heterocycles. The maximum atomic E-state index is 13.2. The number of nitrogens with one attached hydrogen (secondary N) is 1. The molecule has 3 aromatic rings. The molecule has 27 heavy (non-hydrogen) atoms. The Balaban J connectivity index is 1.57. The number of nitrogens with zero attached hydrogens (tertiary/aromatic N) is 4. The average molecular weight is 470 g/mol. The Kier molecular flexibility index (Phi) is 4.78. The van der Waals surface area contributed by atoms with Gasteiger partial charge in [-0.1, -0.05) is 0 Å². The first kappa shape index (κ1) is 18.5. The van der Waals surface area contributed by atoms with Crippen LogP contribution in [0.1, 0.15) is 17.4 Å². The van der Waals surface area contributed by atoms with Crippen molar-refractivity contribution in [2.45, 2.75) is 17.9 Å². The lowest BCUT2D eigenvalue weighted by Gasteiger charge is -2.38. The van der Waals surface area contributed by atoms with Crippen molar-refractivity contribution in [3.63, 3.8) is 0 Å². The van der Waals surface area contributed by atoms with E-state index < -0.39 is 10.0 Å². The maximum absolute atomic E-state index is 13.2. The predicted octanol–water partition coefficient (Wildman–Crippen LogP) is 2.32. The third kappa shape index (κ3) is 3.28. The fraction of sp³-hybridized carbons (Fsp3) is 0.312. The molecule has 1 amide bonds. The lowest BCUT2D eigenvalue weighted by Crippen LogP contribution is -2.55. The number of aromatic amines is 1. The van der Waals surface area contributed by atoms with Gasteiger partial charge in [0.1, 0.15) is 16.2 Å². The minimum Gasteiger partial charge on any atom is -0.345 e. The number of H-pyrrole nitrogens is 1. The van der Waals surface area contributed by atoms with Crippen LogP contribution >= 0.6 is 27.3 Å². The van der Waals surface area contributed by atoms with E-state index in [1.54, 1.807) is 35.5 Å². The zero-order valence-corrected chi connectivity index (χ0v) is 17.5. The summed E-state index contributed by atoms with van der Waals surface area (Å²) < 4.78 is 28.5. The number of rotatable bonds is 3. The molecule has 1 atom stereocenters. The van der Waals surface area contributed by atoms with Crippen molar-refractivity contribution in [1.29, 1.82) is 0 Å². The molecule has 1 aliphatic rings. The molecule has 0 spiro atoms. The highest BCUT2D eigenvalue weighted by Crippen LogP contribution is 2.27. The molecule has 1 aliphatic heterocycles. The number of thiazole rings is 1. The normalized spacial score (nSPS) is 18.9. The van der Waals surface area contributed by atoms with Gasteiger partial charge in [-0.2, -0.15) is 4.31 Å². The van der Waals surface area contributed by atoms with E-state index >= 15 is 0 Å². The van der Waals surface area contributed by atoms with Crippen LogP contribution in [0, 0.1) is 0 Å². The van der Waals surface area contributed by atoms with Gasteiger partial charge in [0, 0.05) is 48.8 Å². The summed E-state index contributed by atoms with van der Waals surface area (Å²) in [7, 11) is -3.70. The fourth-order valence-electron chi connectivity index (χ4n) is 3.27. The number of sulfonamides is 1.